The van der Waals surface area contributed by atoms with Crippen molar-refractivity contribution in [3.63, 3.8) is 0 Å². The molecule has 0 heterocycles. The summed E-state index contributed by atoms with van der Waals surface area (Å²) in [6, 6.07) is 10.6. The summed E-state index contributed by atoms with van der Waals surface area (Å²) in [5, 5.41) is 0. The van der Waals surface area contributed by atoms with Gasteiger partial charge in [0, 0.05) is 0 Å². The number of ether oxygens (including phenoxy) is 1. The Morgan fingerprint density at radius 1 is 1.10 bits per heavy atom. The van der Waals surface area contributed by atoms with Gasteiger partial charge in [-0.05, 0) is 51.3 Å². The third-order valence-corrected chi connectivity index (χ3v) is 3.23. The first-order valence-electron chi connectivity index (χ1n) is 7.68. The molecule has 0 aliphatic heterocycles. The molecule has 0 saturated heterocycles. The zero-order valence-electron chi connectivity index (χ0n) is 12.8. The molecule has 3 heteroatoms. The second-order valence-corrected chi connectivity index (χ2v) is 5.02. The highest BCUT2D eigenvalue weighted by Crippen LogP contribution is 2.06. The Morgan fingerprint density at radius 2 is 1.85 bits per heavy atom. The minimum Gasteiger partial charge on any atom is -0.465 e. The van der Waals surface area contributed by atoms with E-state index in [1.54, 1.807) is 0 Å². The molecule has 0 atom stereocenters. The molecule has 0 N–H and O–H groups in total. The quantitative estimate of drug-likeness (QED) is 0.485. The van der Waals surface area contributed by atoms with E-state index < -0.39 is 0 Å². The maximum Gasteiger partial charge on any atom is 0.320 e. The minimum absolute atomic E-state index is 0.107. The fourth-order valence-corrected chi connectivity index (χ4v) is 2.28. The lowest BCUT2D eigenvalue weighted by molar-refractivity contribution is -0.144. The molecule has 1 aromatic carbocycles. The highest BCUT2D eigenvalue weighted by molar-refractivity contribution is 5.71. The summed E-state index contributed by atoms with van der Waals surface area (Å²) in [4.78, 5) is 13.7. The lowest BCUT2D eigenvalue weighted by atomic mass is 10.1. The van der Waals surface area contributed by atoms with E-state index in [9.17, 15) is 4.79 Å². The molecule has 3 nitrogen and oxygen atoms in total. The number of carbonyl (C=O) groups is 1. The lowest BCUT2D eigenvalue weighted by Crippen LogP contribution is -2.32. The maximum atomic E-state index is 11.5. The van der Waals surface area contributed by atoms with E-state index in [0.29, 0.717) is 13.2 Å². The average Bonchev–Trinajstić information content (AvgIpc) is 2.45. The van der Waals surface area contributed by atoms with E-state index >= 15 is 0 Å². The standard InChI is InChI=1S/C17H27NO2/c1-3-13-18(15-17(19)20-4-2)14-9-8-12-16-10-6-5-7-11-16/h5-7,10-11H,3-4,8-9,12-15H2,1-2H3. The normalized spacial score (nSPS) is 10.8. The molecular weight excluding hydrogens is 250 g/mol. The molecule has 0 spiro atoms. The summed E-state index contributed by atoms with van der Waals surface area (Å²) >= 11 is 0. The monoisotopic (exact) mass is 277 g/mol. The van der Waals surface area contributed by atoms with E-state index in [-0.39, 0.29) is 5.97 Å². The van der Waals surface area contributed by atoms with Crippen molar-refractivity contribution >= 4 is 5.97 Å². The van der Waals surface area contributed by atoms with Crippen LogP contribution in [-0.4, -0.2) is 37.1 Å². The van der Waals surface area contributed by atoms with Crippen LogP contribution in [0.3, 0.4) is 0 Å². The Bertz CT molecular complexity index is 365. The van der Waals surface area contributed by atoms with Crippen molar-refractivity contribution < 1.29 is 9.53 Å². The molecule has 0 aliphatic rings. The molecule has 0 unspecified atom stereocenters. The van der Waals surface area contributed by atoms with Crippen LogP contribution in [0.4, 0.5) is 0 Å². The lowest BCUT2D eigenvalue weighted by Gasteiger charge is -2.20. The van der Waals surface area contributed by atoms with Crippen molar-refractivity contribution in [2.24, 2.45) is 0 Å². The van der Waals surface area contributed by atoms with E-state index in [0.717, 1.165) is 38.8 Å². The number of hydrogen-bond donors (Lipinski definition) is 0. The maximum absolute atomic E-state index is 11.5. The number of benzene rings is 1. The highest BCUT2D eigenvalue weighted by atomic mass is 16.5. The summed E-state index contributed by atoms with van der Waals surface area (Å²) in [7, 11) is 0. The Hall–Kier alpha value is -1.35. The second-order valence-electron chi connectivity index (χ2n) is 5.02. The van der Waals surface area contributed by atoms with Crippen molar-refractivity contribution in [3.8, 4) is 0 Å². The smallest absolute Gasteiger partial charge is 0.320 e. The number of esters is 1. The number of rotatable bonds is 10. The van der Waals surface area contributed by atoms with Crippen LogP contribution in [0, 0.1) is 0 Å². The molecule has 20 heavy (non-hydrogen) atoms. The van der Waals surface area contributed by atoms with Gasteiger partial charge in [-0.1, -0.05) is 37.3 Å². The van der Waals surface area contributed by atoms with Crippen molar-refractivity contribution in [3.05, 3.63) is 35.9 Å². The van der Waals surface area contributed by atoms with Crippen LogP contribution >= 0.6 is 0 Å². The van der Waals surface area contributed by atoms with Crippen LogP contribution in [0.1, 0.15) is 38.7 Å². The molecule has 0 radical (unpaired) electrons. The first kappa shape index (κ1) is 16.7. The second kappa shape index (κ2) is 10.4. The predicted molar refractivity (Wildman–Crippen MR) is 82.7 cm³/mol. The number of unbranched alkanes of at least 4 members (excludes halogenated alkanes) is 1. The molecule has 0 amide bonds. The zero-order chi connectivity index (χ0) is 14.6. The van der Waals surface area contributed by atoms with Crippen LogP contribution in [0.15, 0.2) is 30.3 Å². The van der Waals surface area contributed by atoms with Crippen LogP contribution in [0.2, 0.25) is 0 Å². The van der Waals surface area contributed by atoms with Gasteiger partial charge in [0.25, 0.3) is 0 Å². The molecule has 1 aromatic rings. The summed E-state index contributed by atoms with van der Waals surface area (Å²) in [5.74, 6) is -0.107. The van der Waals surface area contributed by atoms with Gasteiger partial charge in [-0.3, -0.25) is 9.69 Å². The summed E-state index contributed by atoms with van der Waals surface area (Å²) in [6.45, 7) is 6.81. The number of aryl methyl sites for hydroxylation is 1. The molecule has 0 fully saturated rings. The van der Waals surface area contributed by atoms with E-state index in [1.165, 1.54) is 5.56 Å². The van der Waals surface area contributed by atoms with Gasteiger partial charge >= 0.3 is 5.97 Å². The molecule has 0 aliphatic carbocycles. The van der Waals surface area contributed by atoms with Crippen molar-refractivity contribution in [2.45, 2.75) is 39.5 Å². The third-order valence-electron chi connectivity index (χ3n) is 3.23. The van der Waals surface area contributed by atoms with Crippen LogP contribution in [-0.2, 0) is 16.0 Å². The van der Waals surface area contributed by atoms with Crippen molar-refractivity contribution in [1.82, 2.24) is 4.90 Å². The van der Waals surface area contributed by atoms with Crippen LogP contribution < -0.4 is 0 Å². The van der Waals surface area contributed by atoms with Crippen LogP contribution in [0.25, 0.3) is 0 Å². The van der Waals surface area contributed by atoms with Gasteiger partial charge in [0.1, 0.15) is 0 Å². The van der Waals surface area contributed by atoms with Crippen molar-refractivity contribution in [2.75, 3.05) is 26.2 Å². The van der Waals surface area contributed by atoms with Gasteiger partial charge in [-0.2, -0.15) is 0 Å². The molecular formula is C17H27NO2. The van der Waals surface area contributed by atoms with Crippen molar-refractivity contribution in [1.29, 1.82) is 0 Å². The largest absolute Gasteiger partial charge is 0.465 e. The molecule has 1 rings (SSSR count). The fraction of sp³-hybridized carbons (Fsp3) is 0.588. The van der Waals surface area contributed by atoms with Gasteiger partial charge < -0.3 is 4.74 Å². The van der Waals surface area contributed by atoms with E-state index in [2.05, 4.69) is 36.1 Å². The summed E-state index contributed by atoms with van der Waals surface area (Å²) < 4.78 is 5.01. The Balaban J connectivity index is 2.23. The molecule has 112 valence electrons. The first-order chi connectivity index (χ1) is 9.76. The molecule has 0 bridgehead atoms. The predicted octanol–water partition coefficient (Wildman–Crippen LogP) is 3.28. The van der Waals surface area contributed by atoms with E-state index in [1.807, 2.05) is 13.0 Å². The third kappa shape index (κ3) is 7.29. The average molecular weight is 277 g/mol. The SMILES string of the molecule is CCCN(CCCCc1ccccc1)CC(=O)OCC. The van der Waals surface area contributed by atoms with Crippen LogP contribution in [0.5, 0.6) is 0 Å². The number of hydrogen-bond acceptors (Lipinski definition) is 3. The topological polar surface area (TPSA) is 29.5 Å². The van der Waals surface area contributed by atoms with E-state index in [4.69, 9.17) is 4.74 Å². The summed E-state index contributed by atoms with van der Waals surface area (Å²) in [6.07, 6.45) is 4.46. The number of carbonyl (C=O) groups excluding carboxylic acids is 1. The number of nitrogens with zero attached hydrogens (tertiary/aromatic N) is 1. The fourth-order valence-electron chi connectivity index (χ4n) is 2.28. The Kier molecular flexibility index (Phi) is 8.72. The first-order valence-corrected chi connectivity index (χ1v) is 7.68. The van der Waals surface area contributed by atoms with Gasteiger partial charge in [-0.25, -0.2) is 0 Å². The zero-order valence-corrected chi connectivity index (χ0v) is 12.8. The Morgan fingerprint density at radius 3 is 2.50 bits per heavy atom. The minimum atomic E-state index is -0.107. The Labute approximate surface area is 122 Å². The highest BCUT2D eigenvalue weighted by Gasteiger charge is 2.10. The van der Waals surface area contributed by atoms with Gasteiger partial charge in [-0.15, -0.1) is 0 Å². The molecule has 0 aromatic heterocycles. The van der Waals surface area contributed by atoms with Gasteiger partial charge in [0.2, 0.25) is 0 Å². The van der Waals surface area contributed by atoms with Gasteiger partial charge in [0.15, 0.2) is 0 Å². The van der Waals surface area contributed by atoms with Gasteiger partial charge in [0.05, 0.1) is 13.2 Å². The summed E-state index contributed by atoms with van der Waals surface area (Å²) in [5.41, 5.74) is 1.39. The molecule has 0 saturated carbocycles.